The minimum Gasteiger partial charge on any atom is -0.506 e. The minimum atomic E-state index is -1.30. The monoisotopic (exact) mass is 276 g/mol. The topological polar surface area (TPSA) is 74.6 Å². The number of phenolic OH excluding ortho intramolecular Hbond substituents is 1. The van der Waals surface area contributed by atoms with Gasteiger partial charge in [-0.15, -0.1) is 0 Å². The predicted octanol–water partition coefficient (Wildman–Crippen LogP) is 2.97. The Bertz CT molecular complexity index is 650. The molecular formula is C14H9ClO4. The summed E-state index contributed by atoms with van der Waals surface area (Å²) in [6.07, 6.45) is 0. The average molecular weight is 277 g/mol. The molecule has 0 amide bonds. The Hall–Kier alpha value is -2.33. The number of carbonyl (C=O) groups excluding carboxylic acids is 1. The number of hydrogen-bond donors (Lipinski definition) is 2. The predicted molar refractivity (Wildman–Crippen MR) is 70.0 cm³/mol. The Morgan fingerprint density at radius 1 is 1.00 bits per heavy atom. The van der Waals surface area contributed by atoms with Crippen LogP contribution in [0.3, 0.4) is 0 Å². The summed E-state index contributed by atoms with van der Waals surface area (Å²) in [7, 11) is 0. The van der Waals surface area contributed by atoms with E-state index >= 15 is 0 Å². The Morgan fingerprint density at radius 3 is 2.21 bits per heavy atom. The number of halogens is 1. The van der Waals surface area contributed by atoms with E-state index in [-0.39, 0.29) is 21.7 Å². The quantitative estimate of drug-likeness (QED) is 0.845. The molecule has 2 rings (SSSR count). The highest BCUT2D eigenvalue weighted by atomic mass is 35.5. The van der Waals surface area contributed by atoms with Crippen LogP contribution in [-0.4, -0.2) is 22.0 Å². The molecule has 2 aromatic rings. The molecule has 19 heavy (non-hydrogen) atoms. The number of aromatic carboxylic acids is 1. The third kappa shape index (κ3) is 2.44. The first kappa shape index (κ1) is 13.1. The lowest BCUT2D eigenvalue weighted by Crippen LogP contribution is -2.10. The molecule has 0 bridgehead atoms. The molecule has 0 saturated carbocycles. The maximum atomic E-state index is 12.3. The number of ketones is 1. The minimum absolute atomic E-state index is 0.0655. The van der Waals surface area contributed by atoms with Crippen LogP contribution in [0.5, 0.6) is 5.75 Å². The van der Waals surface area contributed by atoms with Crippen molar-refractivity contribution >= 4 is 23.4 Å². The van der Waals surface area contributed by atoms with Crippen molar-refractivity contribution in [2.24, 2.45) is 0 Å². The van der Waals surface area contributed by atoms with E-state index in [9.17, 15) is 14.7 Å². The summed E-state index contributed by atoms with van der Waals surface area (Å²) >= 11 is 5.73. The fraction of sp³-hybridized carbons (Fsp3) is 0. The van der Waals surface area contributed by atoms with Crippen LogP contribution in [-0.2, 0) is 0 Å². The van der Waals surface area contributed by atoms with Gasteiger partial charge in [0.15, 0.2) is 5.78 Å². The van der Waals surface area contributed by atoms with E-state index in [0.29, 0.717) is 0 Å². The van der Waals surface area contributed by atoms with Crippen LogP contribution in [0.25, 0.3) is 0 Å². The Morgan fingerprint density at radius 2 is 1.63 bits per heavy atom. The van der Waals surface area contributed by atoms with Crippen LogP contribution in [0.15, 0.2) is 42.5 Å². The number of aromatic hydroxyl groups is 1. The standard InChI is InChI=1S/C14H9ClO4/c15-10-7-6-9(14(18)19)11(13(10)17)12(16)8-4-2-1-3-5-8/h1-7,17H,(H,18,19). The lowest BCUT2D eigenvalue weighted by molar-refractivity contribution is 0.0692. The Balaban J connectivity index is 2.64. The maximum Gasteiger partial charge on any atom is 0.336 e. The molecule has 0 aliphatic carbocycles. The molecule has 0 aromatic heterocycles. The summed E-state index contributed by atoms with van der Waals surface area (Å²) in [5, 5.41) is 18.8. The lowest BCUT2D eigenvalue weighted by Gasteiger charge is -2.09. The van der Waals surface area contributed by atoms with Gasteiger partial charge in [-0.1, -0.05) is 41.9 Å². The van der Waals surface area contributed by atoms with Crippen molar-refractivity contribution in [3.63, 3.8) is 0 Å². The molecule has 0 atom stereocenters. The molecular weight excluding hydrogens is 268 g/mol. The second kappa shape index (κ2) is 5.12. The molecule has 0 radical (unpaired) electrons. The number of carboxylic acids is 1. The molecule has 0 saturated heterocycles. The summed E-state index contributed by atoms with van der Waals surface area (Å²) in [6.45, 7) is 0. The molecule has 5 heteroatoms. The first-order valence-electron chi connectivity index (χ1n) is 5.37. The van der Waals surface area contributed by atoms with E-state index in [1.165, 1.54) is 24.3 Å². The lowest BCUT2D eigenvalue weighted by atomic mass is 9.97. The second-order valence-corrected chi connectivity index (χ2v) is 4.23. The SMILES string of the molecule is O=C(O)c1ccc(Cl)c(O)c1C(=O)c1ccccc1. The average Bonchev–Trinajstić information content (AvgIpc) is 2.41. The van der Waals surface area contributed by atoms with Crippen LogP contribution in [0, 0.1) is 0 Å². The molecule has 0 aliphatic rings. The zero-order valence-corrected chi connectivity index (χ0v) is 10.4. The van der Waals surface area contributed by atoms with Gasteiger partial charge in [0.1, 0.15) is 5.75 Å². The zero-order valence-electron chi connectivity index (χ0n) is 9.63. The fourth-order valence-corrected chi connectivity index (χ4v) is 1.87. The second-order valence-electron chi connectivity index (χ2n) is 3.82. The maximum absolute atomic E-state index is 12.3. The van der Waals surface area contributed by atoms with Crippen molar-refractivity contribution in [1.82, 2.24) is 0 Å². The largest absolute Gasteiger partial charge is 0.506 e. The number of carboxylic acid groups (broad SMARTS) is 1. The van der Waals surface area contributed by atoms with Crippen molar-refractivity contribution in [2.75, 3.05) is 0 Å². The van der Waals surface area contributed by atoms with Crippen LogP contribution in [0.1, 0.15) is 26.3 Å². The van der Waals surface area contributed by atoms with Crippen LogP contribution < -0.4 is 0 Å². The van der Waals surface area contributed by atoms with Gasteiger partial charge in [-0.2, -0.15) is 0 Å². The third-order valence-electron chi connectivity index (χ3n) is 2.62. The van der Waals surface area contributed by atoms with E-state index in [4.69, 9.17) is 16.7 Å². The van der Waals surface area contributed by atoms with Gasteiger partial charge in [0, 0.05) is 5.56 Å². The van der Waals surface area contributed by atoms with Gasteiger partial charge >= 0.3 is 5.97 Å². The number of phenols is 1. The molecule has 0 spiro atoms. The normalized spacial score (nSPS) is 10.2. The van der Waals surface area contributed by atoms with E-state index in [0.717, 1.165) is 0 Å². The van der Waals surface area contributed by atoms with E-state index in [2.05, 4.69) is 0 Å². The first-order valence-corrected chi connectivity index (χ1v) is 5.74. The van der Waals surface area contributed by atoms with Gasteiger partial charge in [-0.05, 0) is 12.1 Å². The molecule has 0 heterocycles. The summed E-state index contributed by atoms with van der Waals surface area (Å²) in [6, 6.07) is 10.5. The zero-order chi connectivity index (χ0) is 14.0. The van der Waals surface area contributed by atoms with E-state index in [1.54, 1.807) is 18.2 Å². The molecule has 96 valence electrons. The van der Waals surface area contributed by atoms with Gasteiger partial charge in [-0.25, -0.2) is 4.79 Å². The number of hydrogen-bond acceptors (Lipinski definition) is 3. The van der Waals surface area contributed by atoms with Crippen molar-refractivity contribution in [3.05, 3.63) is 64.2 Å². The highest BCUT2D eigenvalue weighted by molar-refractivity contribution is 6.33. The third-order valence-corrected chi connectivity index (χ3v) is 2.93. The van der Waals surface area contributed by atoms with Crippen LogP contribution >= 0.6 is 11.6 Å². The van der Waals surface area contributed by atoms with Crippen molar-refractivity contribution in [2.45, 2.75) is 0 Å². The molecule has 4 nitrogen and oxygen atoms in total. The van der Waals surface area contributed by atoms with E-state index in [1.807, 2.05) is 0 Å². The number of rotatable bonds is 3. The molecule has 2 N–H and O–H groups in total. The van der Waals surface area contributed by atoms with E-state index < -0.39 is 17.5 Å². The summed E-state index contributed by atoms with van der Waals surface area (Å²) < 4.78 is 0. The van der Waals surface area contributed by atoms with Crippen molar-refractivity contribution < 1.29 is 19.8 Å². The molecule has 0 unspecified atom stereocenters. The van der Waals surface area contributed by atoms with Gasteiger partial charge in [0.05, 0.1) is 16.1 Å². The molecule has 0 aliphatic heterocycles. The molecule has 0 fully saturated rings. The first-order chi connectivity index (χ1) is 9.02. The van der Waals surface area contributed by atoms with Crippen LogP contribution in [0.4, 0.5) is 0 Å². The van der Waals surface area contributed by atoms with Crippen LogP contribution in [0.2, 0.25) is 5.02 Å². The Labute approximate surface area is 113 Å². The highest BCUT2D eigenvalue weighted by Crippen LogP contribution is 2.32. The fourth-order valence-electron chi connectivity index (χ4n) is 1.71. The van der Waals surface area contributed by atoms with Crippen molar-refractivity contribution in [3.8, 4) is 5.75 Å². The number of carbonyl (C=O) groups is 2. The Kier molecular flexibility index (Phi) is 3.53. The summed E-state index contributed by atoms with van der Waals surface area (Å²) in [5.74, 6) is -2.40. The van der Waals surface area contributed by atoms with Gasteiger partial charge in [-0.3, -0.25) is 4.79 Å². The summed E-state index contributed by atoms with van der Waals surface area (Å²) in [5.41, 5.74) is -0.301. The van der Waals surface area contributed by atoms with Gasteiger partial charge in [0.2, 0.25) is 0 Å². The van der Waals surface area contributed by atoms with Gasteiger partial charge in [0.25, 0.3) is 0 Å². The smallest absolute Gasteiger partial charge is 0.336 e. The molecule has 2 aromatic carbocycles. The van der Waals surface area contributed by atoms with Gasteiger partial charge < -0.3 is 10.2 Å². The van der Waals surface area contributed by atoms with Crippen molar-refractivity contribution in [1.29, 1.82) is 0 Å². The highest BCUT2D eigenvalue weighted by Gasteiger charge is 2.23. The number of benzene rings is 2. The summed E-state index contributed by atoms with van der Waals surface area (Å²) in [4.78, 5) is 23.4.